The van der Waals surface area contributed by atoms with Crippen LogP contribution < -0.4 is 16.0 Å². The maximum atomic E-state index is 14.6. The van der Waals surface area contributed by atoms with Crippen LogP contribution in [0.5, 0.6) is 0 Å². The van der Waals surface area contributed by atoms with E-state index in [4.69, 9.17) is 21.2 Å². The first-order chi connectivity index (χ1) is 23.6. The molecule has 3 fully saturated rings. The predicted octanol–water partition coefficient (Wildman–Crippen LogP) is 4.06. The third-order valence-corrected chi connectivity index (χ3v) is 10.3. The summed E-state index contributed by atoms with van der Waals surface area (Å²) in [7, 11) is 0. The largest absolute Gasteiger partial charge is 0.387 e. The maximum absolute atomic E-state index is 14.6. The Labute approximate surface area is 299 Å². The second-order valence-corrected chi connectivity index (χ2v) is 16.2. The normalized spacial score (nSPS) is 27.6. The van der Waals surface area contributed by atoms with Crippen LogP contribution in [-0.4, -0.2) is 88.5 Å². The zero-order valence-corrected chi connectivity index (χ0v) is 30.8. The lowest BCUT2D eigenvalue weighted by molar-refractivity contribution is -0.145. The van der Waals surface area contributed by atoms with Crippen molar-refractivity contribution in [2.24, 2.45) is 16.5 Å². The van der Waals surface area contributed by atoms with Gasteiger partial charge in [0.25, 0.3) is 5.91 Å². The number of benzene rings is 1. The van der Waals surface area contributed by atoms with Gasteiger partial charge in [-0.3, -0.25) is 24.0 Å². The minimum absolute atomic E-state index is 0.0109. The summed E-state index contributed by atoms with van der Waals surface area (Å²) in [6.45, 7) is 11.5. The van der Waals surface area contributed by atoms with Gasteiger partial charge in [0, 0.05) is 35.9 Å². The molecule has 274 valence electrons. The van der Waals surface area contributed by atoms with Gasteiger partial charge >= 0.3 is 0 Å². The number of hydrogen-bond donors (Lipinski definition) is 3. The van der Waals surface area contributed by atoms with E-state index >= 15 is 0 Å². The molecule has 4 amide bonds. The number of nitrogens with zero attached hydrogens (tertiary/aromatic N) is 2. The average molecular weight is 714 g/mol. The summed E-state index contributed by atoms with van der Waals surface area (Å²) in [5.41, 5.74) is -0.325. The van der Waals surface area contributed by atoms with Crippen LogP contribution in [0.3, 0.4) is 0 Å². The molecular weight excluding hydrogens is 662 g/mol. The van der Waals surface area contributed by atoms with Crippen LogP contribution in [0, 0.1) is 11.3 Å². The lowest BCUT2D eigenvalue weighted by atomic mass is 9.84. The van der Waals surface area contributed by atoms with Gasteiger partial charge in [0.05, 0.1) is 30.5 Å². The Bertz CT molecular complexity index is 1500. The number of rotatable bonds is 12. The van der Waals surface area contributed by atoms with Crippen LogP contribution in [0.4, 0.5) is 0 Å². The number of halogens is 1. The maximum Gasteiger partial charge on any atom is 0.289 e. The number of ketones is 1. The second kappa shape index (κ2) is 15.4. The smallest absolute Gasteiger partial charge is 0.289 e. The van der Waals surface area contributed by atoms with E-state index in [0.29, 0.717) is 23.6 Å². The molecule has 1 spiro atoms. The van der Waals surface area contributed by atoms with Crippen molar-refractivity contribution in [1.82, 2.24) is 20.9 Å². The highest BCUT2D eigenvalue weighted by molar-refractivity contribution is 6.38. The first kappa shape index (κ1) is 37.7. The number of carbonyl (C=O) groups is 5. The van der Waals surface area contributed by atoms with Crippen LogP contribution in [0.15, 0.2) is 29.4 Å². The van der Waals surface area contributed by atoms with Crippen molar-refractivity contribution < 1.29 is 33.5 Å². The summed E-state index contributed by atoms with van der Waals surface area (Å²) in [6, 6.07) is 4.16. The fourth-order valence-corrected chi connectivity index (χ4v) is 7.62. The van der Waals surface area contributed by atoms with Gasteiger partial charge in [0.2, 0.25) is 23.5 Å². The second-order valence-electron chi connectivity index (χ2n) is 15.8. The minimum atomic E-state index is -1.05. The number of Topliss-reactive ketones (excluding diaryl/α,β-unsaturated/α-hetero) is 1. The molecule has 1 unspecified atom stereocenters. The Morgan fingerprint density at radius 2 is 1.78 bits per heavy atom. The molecule has 0 bridgehead atoms. The Morgan fingerprint density at radius 3 is 2.40 bits per heavy atom. The summed E-state index contributed by atoms with van der Waals surface area (Å²) in [5.74, 6) is -2.54. The fourth-order valence-electron chi connectivity index (χ4n) is 7.43. The molecular formula is C37H52ClN5O7. The summed E-state index contributed by atoms with van der Waals surface area (Å²) in [5, 5.41) is 13.4. The third kappa shape index (κ3) is 9.23. The Morgan fingerprint density at radius 1 is 1.08 bits per heavy atom. The van der Waals surface area contributed by atoms with Gasteiger partial charge in [0.1, 0.15) is 12.1 Å². The zero-order chi connectivity index (χ0) is 36.4. The lowest BCUT2D eigenvalue weighted by Gasteiger charge is -2.36. The van der Waals surface area contributed by atoms with Gasteiger partial charge in [-0.2, -0.15) is 0 Å². The van der Waals surface area contributed by atoms with E-state index in [9.17, 15) is 24.0 Å². The third-order valence-electron chi connectivity index (χ3n) is 10.0. The molecule has 1 aromatic carbocycles. The minimum Gasteiger partial charge on any atom is -0.387 e. The quantitative estimate of drug-likeness (QED) is 0.276. The van der Waals surface area contributed by atoms with Gasteiger partial charge < -0.3 is 30.4 Å². The highest BCUT2D eigenvalue weighted by Gasteiger charge is 2.55. The van der Waals surface area contributed by atoms with Gasteiger partial charge in [-0.25, -0.2) is 0 Å². The molecule has 3 aliphatic heterocycles. The number of likely N-dealkylation sites (tertiary alicyclic amines) is 1. The molecule has 3 heterocycles. The van der Waals surface area contributed by atoms with Crippen molar-refractivity contribution in [2.75, 3.05) is 6.54 Å². The van der Waals surface area contributed by atoms with E-state index in [1.807, 2.05) is 53.7 Å². The zero-order valence-electron chi connectivity index (χ0n) is 30.1. The van der Waals surface area contributed by atoms with E-state index in [1.54, 1.807) is 12.1 Å². The molecule has 5 rings (SSSR count). The predicted molar refractivity (Wildman–Crippen MR) is 188 cm³/mol. The standard InChI is InChI=1S/C37H52ClN5O7/c1-7-9-27(31(45)34(47)39-26-12-13-26)40-33(46)29-19-37(18-28(42-50-37)24-10-8-11-25(38)17-24)20-43(29)35(48)32(36(4,5)6)41-30(44)16-23-14-21(2)49-22(3)15-23/h8,10-11,17,21-23,26-27,29,32H,7,9,12-16,18-20H2,1-6H3,(H,39,47)(H,40,46)(H,41,44)/t21-,22+,23?,27-,29-,32+,37+/m0/s1. The highest BCUT2D eigenvalue weighted by atomic mass is 35.5. The van der Waals surface area contributed by atoms with Crippen molar-refractivity contribution in [3.63, 3.8) is 0 Å². The molecule has 12 nitrogen and oxygen atoms in total. The summed E-state index contributed by atoms with van der Waals surface area (Å²) in [6.07, 6.45) is 4.73. The van der Waals surface area contributed by atoms with E-state index < -0.39 is 52.6 Å². The number of oxime groups is 1. The number of nitrogens with one attached hydrogen (secondary N) is 3. The van der Waals surface area contributed by atoms with Gasteiger partial charge in [0.15, 0.2) is 5.60 Å². The molecule has 0 aromatic heterocycles. The van der Waals surface area contributed by atoms with Gasteiger partial charge in [-0.05, 0) is 69.4 Å². The monoisotopic (exact) mass is 713 g/mol. The number of hydrogen-bond acceptors (Lipinski definition) is 8. The number of amides is 4. The average Bonchev–Trinajstić information content (AvgIpc) is 3.62. The van der Waals surface area contributed by atoms with Crippen molar-refractivity contribution in [3.05, 3.63) is 34.9 Å². The molecule has 4 aliphatic rings. The molecule has 1 saturated carbocycles. The molecule has 1 aliphatic carbocycles. The SMILES string of the molecule is CCC[C@H](NC(=O)[C@@H]1C[C@]2(CC(c3cccc(Cl)c3)=NO2)CN1C(=O)[C@@H](NC(=O)CC1C[C@@H](C)O[C@@H](C)C1)C(C)(C)C)C(=O)C(=O)NC1CC1. The van der Waals surface area contributed by atoms with Crippen molar-refractivity contribution in [3.8, 4) is 0 Å². The molecule has 2 saturated heterocycles. The Kier molecular flexibility index (Phi) is 11.6. The summed E-state index contributed by atoms with van der Waals surface area (Å²) >= 11 is 6.25. The molecule has 0 radical (unpaired) electrons. The van der Waals surface area contributed by atoms with Gasteiger partial charge in [-0.1, -0.05) is 63.0 Å². The molecule has 13 heteroatoms. The molecule has 50 heavy (non-hydrogen) atoms. The first-order valence-electron chi connectivity index (χ1n) is 18.0. The van der Waals surface area contributed by atoms with Crippen LogP contribution in [0.25, 0.3) is 0 Å². The molecule has 7 atom stereocenters. The first-order valence-corrected chi connectivity index (χ1v) is 18.4. The number of ether oxygens (including phenoxy) is 1. The van der Waals surface area contributed by atoms with Crippen LogP contribution in [-0.2, 0) is 33.5 Å². The highest BCUT2D eigenvalue weighted by Crippen LogP contribution is 2.40. The summed E-state index contributed by atoms with van der Waals surface area (Å²) in [4.78, 5) is 75.7. The number of carbonyl (C=O) groups excluding carboxylic acids is 5. The van der Waals surface area contributed by atoms with Crippen molar-refractivity contribution in [1.29, 1.82) is 0 Å². The molecule has 1 aromatic rings. The fraction of sp³-hybridized carbons (Fsp3) is 0.676. The lowest BCUT2D eigenvalue weighted by Crippen LogP contribution is -2.59. The molecule has 3 N–H and O–H groups in total. The Balaban J connectivity index is 1.38. The van der Waals surface area contributed by atoms with Crippen molar-refractivity contribution >= 4 is 46.7 Å². The van der Waals surface area contributed by atoms with Crippen molar-refractivity contribution in [2.45, 2.75) is 141 Å². The summed E-state index contributed by atoms with van der Waals surface area (Å²) < 4.78 is 5.85. The van der Waals surface area contributed by atoms with Gasteiger partial charge in [-0.15, -0.1) is 0 Å². The van der Waals surface area contributed by atoms with E-state index in [2.05, 4.69) is 21.1 Å². The van der Waals surface area contributed by atoms with Crippen LogP contribution in [0.2, 0.25) is 5.02 Å². The van der Waals surface area contributed by atoms with E-state index in [0.717, 1.165) is 31.2 Å². The topological polar surface area (TPSA) is 156 Å². The van der Waals surface area contributed by atoms with E-state index in [-0.39, 0.29) is 55.9 Å². The van der Waals surface area contributed by atoms with E-state index in [1.165, 1.54) is 4.90 Å². The van der Waals surface area contributed by atoms with Crippen LogP contribution >= 0.6 is 11.6 Å². The van der Waals surface area contributed by atoms with Crippen LogP contribution in [0.1, 0.15) is 105 Å². The Hall–Kier alpha value is -3.51.